The normalized spacial score (nSPS) is 21.1. The Morgan fingerprint density at radius 2 is 2.04 bits per heavy atom. The topological polar surface area (TPSA) is 52.8 Å². The minimum absolute atomic E-state index is 0. The van der Waals surface area contributed by atoms with E-state index in [0.29, 0.717) is 18.6 Å². The lowest BCUT2D eigenvalue weighted by atomic mass is 9.97. The maximum Gasteiger partial charge on any atom is 0.191 e. The van der Waals surface area contributed by atoms with Crippen molar-refractivity contribution in [3.8, 4) is 0 Å². The van der Waals surface area contributed by atoms with E-state index in [1.165, 1.54) is 5.56 Å². The van der Waals surface area contributed by atoms with Crippen LogP contribution in [0, 0.1) is 0 Å². The van der Waals surface area contributed by atoms with Crippen molar-refractivity contribution in [3.63, 3.8) is 0 Å². The standard InChI is InChI=1S/C20H28N4O.HI/c1-16-13-18(10-11-24(16)15-17-7-4-3-5-8-17)23-20(21-2)22-14-19-9-6-12-25-19;/h3-9,12,16,18H,10-11,13-15H2,1-2H3,(H2,21,22,23);1H. The average molecular weight is 468 g/mol. The Labute approximate surface area is 173 Å². The molecule has 0 amide bonds. The number of likely N-dealkylation sites (tertiary alicyclic amines) is 1. The summed E-state index contributed by atoms with van der Waals surface area (Å²) in [5, 5.41) is 6.87. The van der Waals surface area contributed by atoms with Gasteiger partial charge in [-0.15, -0.1) is 24.0 Å². The predicted octanol–water partition coefficient (Wildman–Crippen LogP) is 3.62. The lowest BCUT2D eigenvalue weighted by Gasteiger charge is -2.38. The second kappa shape index (κ2) is 10.6. The van der Waals surface area contributed by atoms with Crippen molar-refractivity contribution in [2.24, 2.45) is 4.99 Å². The van der Waals surface area contributed by atoms with Crippen LogP contribution in [0.4, 0.5) is 0 Å². The van der Waals surface area contributed by atoms with Crippen molar-refractivity contribution >= 4 is 29.9 Å². The molecule has 142 valence electrons. The number of aliphatic imine (C=N–C) groups is 1. The van der Waals surface area contributed by atoms with E-state index >= 15 is 0 Å². The molecule has 0 bridgehead atoms. The Balaban J connectivity index is 0.00000243. The lowest BCUT2D eigenvalue weighted by molar-refractivity contribution is 0.134. The van der Waals surface area contributed by atoms with E-state index in [4.69, 9.17) is 4.42 Å². The number of benzene rings is 1. The van der Waals surface area contributed by atoms with Gasteiger partial charge in [-0.05, 0) is 37.5 Å². The molecule has 0 spiro atoms. The highest BCUT2D eigenvalue weighted by molar-refractivity contribution is 14.0. The molecule has 26 heavy (non-hydrogen) atoms. The second-order valence-corrected chi connectivity index (χ2v) is 6.68. The summed E-state index contributed by atoms with van der Waals surface area (Å²) >= 11 is 0. The zero-order valence-corrected chi connectivity index (χ0v) is 17.9. The summed E-state index contributed by atoms with van der Waals surface area (Å²) in [7, 11) is 1.81. The van der Waals surface area contributed by atoms with Crippen molar-refractivity contribution in [2.45, 2.75) is 44.9 Å². The predicted molar refractivity (Wildman–Crippen MR) is 117 cm³/mol. The van der Waals surface area contributed by atoms with E-state index in [1.807, 2.05) is 19.2 Å². The van der Waals surface area contributed by atoms with Gasteiger partial charge in [-0.25, -0.2) is 0 Å². The SMILES string of the molecule is CN=C(NCc1ccco1)NC1CCN(Cc2ccccc2)C(C)C1.I. The van der Waals surface area contributed by atoms with E-state index < -0.39 is 0 Å². The number of rotatable bonds is 5. The van der Waals surface area contributed by atoms with Crippen molar-refractivity contribution in [3.05, 3.63) is 60.1 Å². The van der Waals surface area contributed by atoms with Crippen LogP contribution in [0.15, 0.2) is 58.1 Å². The molecule has 1 aliphatic heterocycles. The number of nitrogens with one attached hydrogen (secondary N) is 2. The number of hydrogen-bond donors (Lipinski definition) is 2. The van der Waals surface area contributed by atoms with Crippen LogP contribution in [0.1, 0.15) is 31.1 Å². The van der Waals surface area contributed by atoms with Gasteiger partial charge < -0.3 is 15.1 Å². The van der Waals surface area contributed by atoms with Crippen LogP contribution in [0.3, 0.4) is 0 Å². The van der Waals surface area contributed by atoms with Crippen LogP contribution >= 0.6 is 24.0 Å². The maximum absolute atomic E-state index is 5.35. The molecule has 2 heterocycles. The van der Waals surface area contributed by atoms with Gasteiger partial charge in [0, 0.05) is 32.2 Å². The van der Waals surface area contributed by atoms with Crippen LogP contribution in [0.2, 0.25) is 0 Å². The van der Waals surface area contributed by atoms with E-state index in [-0.39, 0.29) is 24.0 Å². The third-order valence-electron chi connectivity index (χ3n) is 4.82. The number of piperidine rings is 1. The fraction of sp³-hybridized carbons (Fsp3) is 0.450. The summed E-state index contributed by atoms with van der Waals surface area (Å²) in [6.07, 6.45) is 3.93. The smallest absolute Gasteiger partial charge is 0.191 e. The fourth-order valence-electron chi connectivity index (χ4n) is 3.38. The van der Waals surface area contributed by atoms with Crippen LogP contribution < -0.4 is 10.6 Å². The number of hydrogen-bond acceptors (Lipinski definition) is 3. The zero-order chi connectivity index (χ0) is 17.5. The third-order valence-corrected chi connectivity index (χ3v) is 4.82. The third kappa shape index (κ3) is 6.02. The van der Waals surface area contributed by atoms with Crippen molar-refractivity contribution in [1.29, 1.82) is 0 Å². The molecule has 1 aliphatic rings. The molecular formula is C20H29IN4O. The molecule has 6 heteroatoms. The summed E-state index contributed by atoms with van der Waals surface area (Å²) in [5.41, 5.74) is 1.39. The monoisotopic (exact) mass is 468 g/mol. The molecule has 1 aromatic carbocycles. The van der Waals surface area contributed by atoms with Crippen LogP contribution in [0.5, 0.6) is 0 Å². The van der Waals surface area contributed by atoms with Gasteiger partial charge in [0.15, 0.2) is 5.96 Å². The Morgan fingerprint density at radius 3 is 2.69 bits per heavy atom. The first-order chi connectivity index (χ1) is 12.2. The Bertz CT molecular complexity index is 660. The maximum atomic E-state index is 5.35. The minimum atomic E-state index is 0. The van der Waals surface area contributed by atoms with Gasteiger partial charge >= 0.3 is 0 Å². The number of furan rings is 1. The van der Waals surface area contributed by atoms with Crippen molar-refractivity contribution in [1.82, 2.24) is 15.5 Å². The van der Waals surface area contributed by atoms with Gasteiger partial charge in [0.05, 0.1) is 12.8 Å². The first kappa shape index (κ1) is 20.8. The molecule has 2 atom stereocenters. The van der Waals surface area contributed by atoms with Crippen LogP contribution in [-0.2, 0) is 13.1 Å². The average Bonchev–Trinajstić information content (AvgIpc) is 3.15. The molecule has 1 fully saturated rings. The van der Waals surface area contributed by atoms with Crippen LogP contribution in [-0.4, -0.2) is 36.5 Å². The Hall–Kier alpha value is -1.54. The van der Waals surface area contributed by atoms with Crippen molar-refractivity contribution < 1.29 is 4.42 Å². The van der Waals surface area contributed by atoms with E-state index in [1.54, 1.807) is 6.26 Å². The number of guanidine groups is 1. The Morgan fingerprint density at radius 1 is 1.23 bits per heavy atom. The van der Waals surface area contributed by atoms with E-state index in [2.05, 4.69) is 57.8 Å². The fourth-order valence-corrected chi connectivity index (χ4v) is 3.38. The highest BCUT2D eigenvalue weighted by Crippen LogP contribution is 2.19. The Kier molecular flexibility index (Phi) is 8.44. The summed E-state index contributed by atoms with van der Waals surface area (Å²) in [4.78, 5) is 6.89. The summed E-state index contributed by atoms with van der Waals surface area (Å²) in [5.74, 6) is 1.75. The molecule has 1 aromatic heterocycles. The van der Waals surface area contributed by atoms with Gasteiger partial charge in [0.2, 0.25) is 0 Å². The largest absolute Gasteiger partial charge is 0.467 e. The number of halogens is 1. The second-order valence-electron chi connectivity index (χ2n) is 6.68. The first-order valence-electron chi connectivity index (χ1n) is 9.02. The summed E-state index contributed by atoms with van der Waals surface area (Å²) in [6, 6.07) is 15.6. The summed E-state index contributed by atoms with van der Waals surface area (Å²) in [6.45, 7) is 5.09. The van der Waals surface area contributed by atoms with Gasteiger partial charge in [-0.3, -0.25) is 9.89 Å². The number of nitrogens with zero attached hydrogens (tertiary/aromatic N) is 2. The van der Waals surface area contributed by atoms with Gasteiger partial charge in [-0.1, -0.05) is 30.3 Å². The molecule has 0 radical (unpaired) electrons. The zero-order valence-electron chi connectivity index (χ0n) is 15.5. The molecule has 0 aliphatic carbocycles. The quantitative estimate of drug-likeness (QED) is 0.400. The molecule has 5 nitrogen and oxygen atoms in total. The van der Waals surface area contributed by atoms with Crippen LogP contribution in [0.25, 0.3) is 0 Å². The van der Waals surface area contributed by atoms with E-state index in [0.717, 1.165) is 37.7 Å². The minimum Gasteiger partial charge on any atom is -0.467 e. The van der Waals surface area contributed by atoms with Gasteiger partial charge in [0.1, 0.15) is 5.76 Å². The molecule has 1 saturated heterocycles. The van der Waals surface area contributed by atoms with Crippen molar-refractivity contribution in [2.75, 3.05) is 13.6 Å². The molecular weight excluding hydrogens is 439 g/mol. The van der Waals surface area contributed by atoms with Gasteiger partial charge in [-0.2, -0.15) is 0 Å². The van der Waals surface area contributed by atoms with E-state index in [9.17, 15) is 0 Å². The molecule has 2 aromatic rings. The molecule has 0 saturated carbocycles. The molecule has 2 N–H and O–H groups in total. The summed E-state index contributed by atoms with van der Waals surface area (Å²) < 4.78 is 5.35. The first-order valence-corrected chi connectivity index (χ1v) is 9.02. The molecule has 3 rings (SSSR count). The van der Waals surface area contributed by atoms with Gasteiger partial charge in [0.25, 0.3) is 0 Å². The highest BCUT2D eigenvalue weighted by Gasteiger charge is 2.25. The molecule has 2 unspecified atom stereocenters. The lowest BCUT2D eigenvalue weighted by Crippen LogP contribution is -2.51. The highest BCUT2D eigenvalue weighted by atomic mass is 127.